The molecule has 1 aromatic rings. The first kappa shape index (κ1) is 13.3. The van der Waals surface area contributed by atoms with E-state index in [9.17, 15) is 4.79 Å². The fourth-order valence-corrected chi connectivity index (χ4v) is 3.99. The highest BCUT2D eigenvalue weighted by molar-refractivity contribution is 5.83. The number of nitrogens with zero attached hydrogens (tertiary/aromatic N) is 1. The van der Waals surface area contributed by atoms with Crippen LogP contribution in [0.3, 0.4) is 0 Å². The third-order valence-electron chi connectivity index (χ3n) is 5.13. The molecular weight excluding hydrogens is 264 g/mol. The molecule has 4 nitrogen and oxygen atoms in total. The number of amides is 1. The van der Waals surface area contributed by atoms with E-state index in [2.05, 4.69) is 11.4 Å². The summed E-state index contributed by atoms with van der Waals surface area (Å²) in [5, 5.41) is 3.55. The Morgan fingerprint density at radius 3 is 3.10 bits per heavy atom. The molecular formula is C17H22N2O2. The number of benzene rings is 1. The Morgan fingerprint density at radius 2 is 2.19 bits per heavy atom. The summed E-state index contributed by atoms with van der Waals surface area (Å²) in [4.78, 5) is 14.9. The zero-order valence-electron chi connectivity index (χ0n) is 12.3. The van der Waals surface area contributed by atoms with E-state index in [0.717, 1.165) is 31.6 Å². The van der Waals surface area contributed by atoms with Crippen molar-refractivity contribution < 1.29 is 9.53 Å². The fraction of sp³-hybridized carbons (Fsp3) is 0.588. The number of hydrogen-bond acceptors (Lipinski definition) is 3. The first-order valence-corrected chi connectivity index (χ1v) is 8.04. The molecule has 0 radical (unpaired) electrons. The number of carbonyl (C=O) groups is 1. The lowest BCUT2D eigenvalue weighted by atomic mass is 9.94. The lowest BCUT2D eigenvalue weighted by Crippen LogP contribution is -2.41. The molecule has 1 aromatic carbocycles. The van der Waals surface area contributed by atoms with E-state index in [4.69, 9.17) is 4.74 Å². The van der Waals surface area contributed by atoms with Crippen molar-refractivity contribution in [2.75, 3.05) is 26.2 Å². The van der Waals surface area contributed by atoms with Crippen LogP contribution in [0, 0.1) is 5.92 Å². The zero-order chi connectivity index (χ0) is 14.2. The number of fused-ring (bicyclic) bond motifs is 2. The van der Waals surface area contributed by atoms with Crippen molar-refractivity contribution in [1.29, 1.82) is 0 Å². The van der Waals surface area contributed by atoms with Gasteiger partial charge in [0.15, 0.2) is 6.10 Å². The van der Waals surface area contributed by atoms with E-state index < -0.39 is 6.10 Å². The standard InChI is InChI=1S/C17H22N2O2/c20-17(19-10-13-5-3-8-18-15(13)11-19)16-14-6-2-1-4-12(14)7-9-21-16/h1-2,4,6,13,15-16,18H,3,5,7-11H2/t13-,15+,16?/m0/s1. The molecule has 0 aromatic heterocycles. The van der Waals surface area contributed by atoms with Crippen molar-refractivity contribution in [3.05, 3.63) is 35.4 Å². The Balaban J connectivity index is 1.53. The molecule has 0 saturated carbocycles. The van der Waals surface area contributed by atoms with Crippen LogP contribution in [0.5, 0.6) is 0 Å². The van der Waals surface area contributed by atoms with E-state index in [0.29, 0.717) is 18.6 Å². The van der Waals surface area contributed by atoms with Crippen molar-refractivity contribution in [1.82, 2.24) is 10.2 Å². The second-order valence-corrected chi connectivity index (χ2v) is 6.41. The van der Waals surface area contributed by atoms with Gasteiger partial charge >= 0.3 is 0 Å². The molecule has 1 unspecified atom stereocenters. The third kappa shape index (κ3) is 2.36. The van der Waals surface area contributed by atoms with Gasteiger partial charge in [0.05, 0.1) is 6.61 Å². The van der Waals surface area contributed by atoms with Crippen LogP contribution in [-0.2, 0) is 16.0 Å². The molecule has 3 atom stereocenters. The van der Waals surface area contributed by atoms with E-state index in [1.54, 1.807) is 0 Å². The van der Waals surface area contributed by atoms with Gasteiger partial charge in [-0.2, -0.15) is 0 Å². The van der Waals surface area contributed by atoms with E-state index >= 15 is 0 Å². The number of carbonyl (C=O) groups excluding carboxylic acids is 1. The van der Waals surface area contributed by atoms with Gasteiger partial charge in [0.25, 0.3) is 5.91 Å². The van der Waals surface area contributed by atoms with Gasteiger partial charge in [-0.25, -0.2) is 0 Å². The van der Waals surface area contributed by atoms with Crippen LogP contribution in [0.2, 0.25) is 0 Å². The van der Waals surface area contributed by atoms with Crippen molar-refractivity contribution in [3.8, 4) is 0 Å². The maximum absolute atomic E-state index is 12.9. The molecule has 4 rings (SSSR count). The number of nitrogens with one attached hydrogen (secondary N) is 1. The van der Waals surface area contributed by atoms with Crippen molar-refractivity contribution in [2.24, 2.45) is 5.92 Å². The van der Waals surface area contributed by atoms with Crippen LogP contribution in [0.4, 0.5) is 0 Å². The Hall–Kier alpha value is -1.39. The van der Waals surface area contributed by atoms with Gasteiger partial charge in [-0.3, -0.25) is 4.79 Å². The van der Waals surface area contributed by atoms with Gasteiger partial charge in [0.1, 0.15) is 0 Å². The van der Waals surface area contributed by atoms with Gasteiger partial charge in [0, 0.05) is 19.1 Å². The van der Waals surface area contributed by atoms with Crippen LogP contribution >= 0.6 is 0 Å². The van der Waals surface area contributed by atoms with Crippen molar-refractivity contribution >= 4 is 5.91 Å². The third-order valence-corrected chi connectivity index (χ3v) is 5.13. The first-order chi connectivity index (χ1) is 10.3. The summed E-state index contributed by atoms with van der Waals surface area (Å²) in [6.07, 6.45) is 2.98. The number of likely N-dealkylation sites (tertiary alicyclic amines) is 1. The van der Waals surface area contributed by atoms with Gasteiger partial charge in [-0.15, -0.1) is 0 Å². The Bertz CT molecular complexity index is 531. The average molecular weight is 286 g/mol. The summed E-state index contributed by atoms with van der Waals surface area (Å²) < 4.78 is 5.82. The summed E-state index contributed by atoms with van der Waals surface area (Å²) in [6.45, 7) is 3.46. The zero-order valence-corrected chi connectivity index (χ0v) is 12.3. The molecule has 2 fully saturated rings. The topological polar surface area (TPSA) is 41.6 Å². The minimum absolute atomic E-state index is 0.151. The quantitative estimate of drug-likeness (QED) is 0.851. The second-order valence-electron chi connectivity index (χ2n) is 6.41. The molecule has 4 heteroatoms. The van der Waals surface area contributed by atoms with Crippen LogP contribution in [0.1, 0.15) is 30.1 Å². The highest BCUT2D eigenvalue weighted by Gasteiger charge is 2.40. The average Bonchev–Trinajstić information content (AvgIpc) is 2.97. The van der Waals surface area contributed by atoms with Gasteiger partial charge < -0.3 is 15.0 Å². The van der Waals surface area contributed by atoms with Crippen LogP contribution < -0.4 is 5.32 Å². The second kappa shape index (κ2) is 5.43. The molecule has 1 amide bonds. The molecule has 0 aliphatic carbocycles. The SMILES string of the molecule is O=C(C1OCCc2ccccc21)N1C[C@@H]2CCCN[C@@H]2C1. The summed E-state index contributed by atoms with van der Waals surface area (Å²) in [5.74, 6) is 0.778. The minimum Gasteiger partial charge on any atom is -0.363 e. The summed E-state index contributed by atoms with van der Waals surface area (Å²) >= 11 is 0. The van der Waals surface area contributed by atoms with Gasteiger partial charge in [0.2, 0.25) is 0 Å². The Morgan fingerprint density at radius 1 is 1.29 bits per heavy atom. The van der Waals surface area contributed by atoms with Crippen LogP contribution in [0.15, 0.2) is 24.3 Å². The largest absolute Gasteiger partial charge is 0.363 e. The molecule has 1 N–H and O–H groups in total. The molecule has 0 bridgehead atoms. The minimum atomic E-state index is -0.393. The molecule has 0 spiro atoms. The van der Waals surface area contributed by atoms with E-state index in [1.807, 2.05) is 23.1 Å². The predicted molar refractivity (Wildman–Crippen MR) is 79.9 cm³/mol. The maximum Gasteiger partial charge on any atom is 0.256 e. The smallest absolute Gasteiger partial charge is 0.256 e. The van der Waals surface area contributed by atoms with Crippen molar-refractivity contribution in [3.63, 3.8) is 0 Å². The van der Waals surface area contributed by atoms with E-state index in [-0.39, 0.29) is 5.91 Å². The lowest BCUT2D eigenvalue weighted by Gasteiger charge is -2.28. The predicted octanol–water partition coefficient (Wildman–Crippen LogP) is 1.51. The molecule has 3 aliphatic rings. The monoisotopic (exact) mass is 286 g/mol. The first-order valence-electron chi connectivity index (χ1n) is 8.04. The van der Waals surface area contributed by atoms with Crippen molar-refractivity contribution in [2.45, 2.75) is 31.4 Å². The number of rotatable bonds is 1. The molecule has 3 aliphatic heterocycles. The molecule has 21 heavy (non-hydrogen) atoms. The number of ether oxygens (including phenoxy) is 1. The molecule has 2 saturated heterocycles. The van der Waals surface area contributed by atoms with Gasteiger partial charge in [-0.05, 0) is 42.9 Å². The normalized spacial score (nSPS) is 31.6. The van der Waals surface area contributed by atoms with Crippen LogP contribution in [-0.4, -0.2) is 43.1 Å². The molecule has 112 valence electrons. The number of hydrogen-bond donors (Lipinski definition) is 1. The summed E-state index contributed by atoms with van der Waals surface area (Å²) in [6, 6.07) is 8.68. The number of piperidine rings is 1. The highest BCUT2D eigenvalue weighted by atomic mass is 16.5. The summed E-state index contributed by atoms with van der Waals surface area (Å²) in [7, 11) is 0. The Kier molecular flexibility index (Phi) is 3.43. The van der Waals surface area contributed by atoms with E-state index in [1.165, 1.54) is 18.4 Å². The van der Waals surface area contributed by atoms with Crippen LogP contribution in [0.25, 0.3) is 0 Å². The fourth-order valence-electron chi connectivity index (χ4n) is 3.99. The molecule has 3 heterocycles. The Labute approximate surface area is 125 Å². The maximum atomic E-state index is 12.9. The summed E-state index contributed by atoms with van der Waals surface area (Å²) in [5.41, 5.74) is 2.33. The lowest BCUT2D eigenvalue weighted by molar-refractivity contribution is -0.144. The highest BCUT2D eigenvalue weighted by Crippen LogP contribution is 2.32. The van der Waals surface area contributed by atoms with Gasteiger partial charge in [-0.1, -0.05) is 24.3 Å².